The Kier molecular flexibility index (Phi) is 7.45. The molecule has 0 radical (unpaired) electrons. The minimum Gasteiger partial charge on any atom is -0.508 e. The number of nitrogens with zero attached hydrogens (tertiary/aromatic N) is 1. The van der Waals surface area contributed by atoms with Gasteiger partial charge in [-0.05, 0) is 68.3 Å². The van der Waals surface area contributed by atoms with E-state index in [4.69, 9.17) is 11.6 Å². The van der Waals surface area contributed by atoms with Crippen LogP contribution in [0, 0.1) is 19.7 Å². The number of hydrogen-bond acceptors (Lipinski definition) is 4. The molecule has 0 bridgehead atoms. The highest BCUT2D eigenvalue weighted by molar-refractivity contribution is 7.99. The van der Waals surface area contributed by atoms with Crippen LogP contribution in [-0.4, -0.2) is 10.1 Å². The molecule has 1 heterocycles. The number of benzene rings is 3. The zero-order chi connectivity index (χ0) is 25.3. The van der Waals surface area contributed by atoms with Crippen LogP contribution < -0.4 is 0 Å². The number of phenolic OH excluding ortho intramolecular Hbond substituents is 1. The number of thiazole rings is 1. The van der Waals surface area contributed by atoms with Crippen molar-refractivity contribution in [3.8, 4) is 16.3 Å². The Balaban J connectivity index is 1.72. The molecule has 0 aliphatic heterocycles. The van der Waals surface area contributed by atoms with Gasteiger partial charge in [-0.3, -0.25) is 0 Å². The second-order valence-corrected chi connectivity index (χ2v) is 10.7. The molecule has 2 nitrogen and oxygen atoms in total. The minimum absolute atomic E-state index is 0.182. The van der Waals surface area contributed by atoms with Crippen molar-refractivity contribution in [3.05, 3.63) is 98.8 Å². The summed E-state index contributed by atoms with van der Waals surface area (Å²) >= 11 is 9.17. The molecular formula is C26H20ClF4NOS2. The Bertz CT molecular complexity index is 1330. The van der Waals surface area contributed by atoms with Crippen molar-refractivity contribution < 1.29 is 22.7 Å². The summed E-state index contributed by atoms with van der Waals surface area (Å²) in [4.78, 5) is 6.36. The van der Waals surface area contributed by atoms with Crippen molar-refractivity contribution in [2.45, 2.75) is 36.6 Å². The van der Waals surface area contributed by atoms with E-state index >= 15 is 0 Å². The highest BCUT2D eigenvalue weighted by atomic mass is 35.5. The van der Waals surface area contributed by atoms with Gasteiger partial charge in [0, 0.05) is 31.2 Å². The first kappa shape index (κ1) is 25.5. The molecule has 3 aromatic carbocycles. The van der Waals surface area contributed by atoms with Crippen molar-refractivity contribution in [1.29, 1.82) is 0 Å². The monoisotopic (exact) mass is 537 g/mol. The van der Waals surface area contributed by atoms with Gasteiger partial charge in [-0.25, -0.2) is 9.37 Å². The third-order valence-corrected chi connectivity index (χ3v) is 8.52. The lowest BCUT2D eigenvalue weighted by Gasteiger charge is -2.18. The van der Waals surface area contributed by atoms with Gasteiger partial charge in [-0.15, -0.1) is 23.1 Å². The highest BCUT2D eigenvalue weighted by Gasteiger charge is 2.30. The third kappa shape index (κ3) is 5.82. The van der Waals surface area contributed by atoms with Crippen LogP contribution in [0.15, 0.2) is 65.6 Å². The minimum atomic E-state index is -4.41. The van der Waals surface area contributed by atoms with E-state index in [1.807, 2.05) is 13.0 Å². The molecule has 1 unspecified atom stereocenters. The first-order valence-electron chi connectivity index (χ1n) is 10.6. The number of thioether (sulfide) groups is 1. The second-order valence-electron chi connectivity index (χ2n) is 8.00. The van der Waals surface area contributed by atoms with E-state index in [0.29, 0.717) is 32.4 Å². The highest BCUT2D eigenvalue weighted by Crippen LogP contribution is 2.45. The fraction of sp³-hybridized carbons (Fsp3) is 0.192. The Morgan fingerprint density at radius 3 is 2.40 bits per heavy atom. The van der Waals surface area contributed by atoms with E-state index in [0.717, 1.165) is 21.9 Å². The van der Waals surface area contributed by atoms with Crippen molar-refractivity contribution in [1.82, 2.24) is 4.98 Å². The molecule has 1 atom stereocenters. The predicted octanol–water partition coefficient (Wildman–Crippen LogP) is 9.02. The summed E-state index contributed by atoms with van der Waals surface area (Å²) in [5.41, 5.74) is 1.66. The summed E-state index contributed by atoms with van der Waals surface area (Å²) in [7, 11) is 0. The average molecular weight is 538 g/mol. The molecule has 1 aromatic heterocycles. The molecule has 0 aliphatic rings. The predicted molar refractivity (Wildman–Crippen MR) is 134 cm³/mol. The molecule has 0 saturated heterocycles. The largest absolute Gasteiger partial charge is 0.508 e. The summed E-state index contributed by atoms with van der Waals surface area (Å²) in [6.45, 7) is 3.63. The molecule has 9 heteroatoms. The maximum Gasteiger partial charge on any atom is 0.416 e. The average Bonchev–Trinajstić information content (AvgIpc) is 3.19. The molecule has 0 saturated carbocycles. The Hall–Kier alpha value is -2.55. The lowest BCUT2D eigenvalue weighted by molar-refractivity contribution is -0.137. The van der Waals surface area contributed by atoms with E-state index in [1.165, 1.54) is 41.3 Å². The number of phenols is 1. The number of hydrogen-bond donors (Lipinski definition) is 1. The van der Waals surface area contributed by atoms with Crippen molar-refractivity contribution in [2.24, 2.45) is 0 Å². The number of rotatable bonds is 6. The SMILES string of the molecule is Cc1cc(SC(Cc2c(F)cccc2Cl)c2sc(-c3ccc(C(F)(F)F)cc3)nc2C)ccc1O. The summed E-state index contributed by atoms with van der Waals surface area (Å²) in [5, 5.41) is 10.5. The summed E-state index contributed by atoms with van der Waals surface area (Å²) < 4.78 is 53.5. The van der Waals surface area contributed by atoms with Crippen LogP contribution >= 0.6 is 34.7 Å². The lowest BCUT2D eigenvalue weighted by atomic mass is 10.1. The molecule has 0 aliphatic carbocycles. The van der Waals surface area contributed by atoms with Crippen LogP contribution in [-0.2, 0) is 12.6 Å². The molecule has 4 aromatic rings. The van der Waals surface area contributed by atoms with Crippen molar-refractivity contribution in [2.75, 3.05) is 0 Å². The second kappa shape index (κ2) is 10.2. The van der Waals surface area contributed by atoms with Crippen LogP contribution in [0.4, 0.5) is 17.6 Å². The van der Waals surface area contributed by atoms with Crippen LogP contribution in [0.3, 0.4) is 0 Å². The summed E-state index contributed by atoms with van der Waals surface area (Å²) in [6.07, 6.45) is -4.13. The van der Waals surface area contributed by atoms with Gasteiger partial charge < -0.3 is 5.11 Å². The van der Waals surface area contributed by atoms with E-state index in [2.05, 4.69) is 4.98 Å². The maximum atomic E-state index is 14.7. The molecule has 0 spiro atoms. The van der Waals surface area contributed by atoms with Crippen LogP contribution in [0.25, 0.3) is 10.6 Å². The Labute approximate surface area is 213 Å². The topological polar surface area (TPSA) is 33.1 Å². The van der Waals surface area contributed by atoms with E-state index < -0.39 is 17.6 Å². The summed E-state index contributed by atoms with van der Waals surface area (Å²) in [6, 6.07) is 14.7. The first-order valence-corrected chi connectivity index (χ1v) is 12.6. The van der Waals surface area contributed by atoms with Gasteiger partial charge in [-0.2, -0.15) is 13.2 Å². The van der Waals surface area contributed by atoms with Gasteiger partial charge in [0.1, 0.15) is 16.6 Å². The molecular weight excluding hydrogens is 518 g/mol. The normalized spacial score (nSPS) is 12.7. The maximum absolute atomic E-state index is 14.7. The van der Waals surface area contributed by atoms with Gasteiger partial charge in [0.15, 0.2) is 0 Å². The standard InChI is InChI=1S/C26H20ClF4NOS2/c1-14-12-18(10-11-22(14)33)34-23(13-19-20(27)4-3-5-21(19)28)24-15(2)32-25(35-24)16-6-8-17(9-7-16)26(29,30)31/h3-12,23,33H,13H2,1-2H3. The zero-order valence-electron chi connectivity index (χ0n) is 18.7. The molecule has 35 heavy (non-hydrogen) atoms. The number of aromatic hydroxyl groups is 1. The molecule has 0 fully saturated rings. The van der Waals surface area contributed by atoms with E-state index in [9.17, 15) is 22.7 Å². The first-order chi connectivity index (χ1) is 16.5. The number of aryl methyl sites for hydroxylation is 2. The van der Waals surface area contributed by atoms with Gasteiger partial charge in [0.05, 0.1) is 11.3 Å². The van der Waals surface area contributed by atoms with Crippen LogP contribution in [0.5, 0.6) is 5.75 Å². The fourth-order valence-electron chi connectivity index (χ4n) is 3.60. The molecule has 0 amide bonds. The van der Waals surface area contributed by atoms with Crippen LogP contribution in [0.1, 0.15) is 32.5 Å². The fourth-order valence-corrected chi connectivity index (χ4v) is 6.43. The number of aromatic nitrogens is 1. The zero-order valence-corrected chi connectivity index (χ0v) is 21.0. The van der Waals surface area contributed by atoms with E-state index in [1.54, 1.807) is 31.2 Å². The Morgan fingerprint density at radius 1 is 1.06 bits per heavy atom. The quantitative estimate of drug-likeness (QED) is 0.197. The Morgan fingerprint density at radius 2 is 1.77 bits per heavy atom. The van der Waals surface area contributed by atoms with Crippen molar-refractivity contribution >= 4 is 34.7 Å². The summed E-state index contributed by atoms with van der Waals surface area (Å²) in [5.74, 6) is -0.225. The molecule has 182 valence electrons. The molecule has 1 N–H and O–H groups in total. The van der Waals surface area contributed by atoms with Gasteiger partial charge in [0.2, 0.25) is 0 Å². The molecule has 4 rings (SSSR count). The van der Waals surface area contributed by atoms with E-state index in [-0.39, 0.29) is 17.4 Å². The van der Waals surface area contributed by atoms with Crippen molar-refractivity contribution in [3.63, 3.8) is 0 Å². The number of alkyl halides is 3. The third-order valence-electron chi connectivity index (χ3n) is 5.48. The van der Waals surface area contributed by atoms with Gasteiger partial charge >= 0.3 is 6.18 Å². The van der Waals surface area contributed by atoms with Crippen LogP contribution in [0.2, 0.25) is 5.02 Å². The smallest absolute Gasteiger partial charge is 0.416 e. The van der Waals surface area contributed by atoms with Gasteiger partial charge in [0.25, 0.3) is 0 Å². The van der Waals surface area contributed by atoms with Gasteiger partial charge in [-0.1, -0.05) is 29.8 Å². The lowest BCUT2D eigenvalue weighted by Crippen LogP contribution is -2.03. The number of halogens is 5.